The van der Waals surface area contributed by atoms with Crippen molar-refractivity contribution in [3.8, 4) is 0 Å². The highest BCUT2D eigenvalue weighted by molar-refractivity contribution is 5.78. The molecule has 0 aliphatic heterocycles. The third kappa shape index (κ3) is 2.49. The van der Waals surface area contributed by atoms with Crippen molar-refractivity contribution >= 4 is 5.91 Å². The largest absolute Gasteiger partial charge is 0.382 e. The molecule has 86 valence electrons. The first-order valence-corrected chi connectivity index (χ1v) is 5.72. The van der Waals surface area contributed by atoms with Crippen molar-refractivity contribution in [1.82, 2.24) is 5.48 Å². The third-order valence-electron chi connectivity index (χ3n) is 3.64. The van der Waals surface area contributed by atoms with Crippen LogP contribution in [-0.4, -0.2) is 26.2 Å². The second-order valence-electron chi connectivity index (χ2n) is 4.59. The van der Waals surface area contributed by atoms with E-state index in [2.05, 4.69) is 5.48 Å². The number of carbonyl (C=O) groups excluding carboxylic acids is 1. The molecule has 0 radical (unpaired) electrons. The van der Waals surface area contributed by atoms with Crippen LogP contribution in [0.25, 0.3) is 0 Å². The van der Waals surface area contributed by atoms with Crippen LogP contribution in [0.4, 0.5) is 0 Å². The average Bonchev–Trinajstić information content (AvgIpc) is 2.85. The SMILES string of the molecule is COCCONC(=O)C1CC2CCC1C2. The molecule has 4 heteroatoms. The van der Waals surface area contributed by atoms with E-state index in [1.54, 1.807) is 7.11 Å². The number of methoxy groups -OCH3 is 1. The monoisotopic (exact) mass is 213 g/mol. The van der Waals surface area contributed by atoms with Gasteiger partial charge in [-0.15, -0.1) is 0 Å². The molecule has 2 aliphatic rings. The minimum atomic E-state index is 0.0679. The summed E-state index contributed by atoms with van der Waals surface area (Å²) in [4.78, 5) is 16.8. The maximum absolute atomic E-state index is 11.7. The van der Waals surface area contributed by atoms with Crippen LogP contribution in [0.1, 0.15) is 25.7 Å². The van der Waals surface area contributed by atoms with Crippen LogP contribution >= 0.6 is 0 Å². The number of hydrogen-bond acceptors (Lipinski definition) is 3. The molecule has 0 spiro atoms. The summed E-state index contributed by atoms with van der Waals surface area (Å²) in [6.07, 6.45) is 4.85. The van der Waals surface area contributed by atoms with E-state index in [0.717, 1.165) is 12.3 Å². The van der Waals surface area contributed by atoms with Gasteiger partial charge in [-0.25, -0.2) is 5.48 Å². The molecule has 3 atom stereocenters. The number of ether oxygens (including phenoxy) is 1. The Morgan fingerprint density at radius 3 is 2.80 bits per heavy atom. The molecule has 0 aromatic carbocycles. The maximum Gasteiger partial charge on any atom is 0.246 e. The molecule has 2 fully saturated rings. The van der Waals surface area contributed by atoms with E-state index in [1.807, 2.05) is 0 Å². The fraction of sp³-hybridized carbons (Fsp3) is 0.909. The normalized spacial score (nSPS) is 33.3. The molecule has 2 saturated carbocycles. The lowest BCUT2D eigenvalue weighted by molar-refractivity contribution is -0.140. The molecule has 0 heterocycles. The molecule has 1 amide bonds. The lowest BCUT2D eigenvalue weighted by Gasteiger charge is -2.20. The predicted octanol–water partition coefficient (Wildman–Crippen LogP) is 1.12. The Labute approximate surface area is 90.3 Å². The lowest BCUT2D eigenvalue weighted by atomic mass is 9.88. The van der Waals surface area contributed by atoms with Crippen LogP contribution in [0, 0.1) is 17.8 Å². The van der Waals surface area contributed by atoms with Gasteiger partial charge in [-0.1, -0.05) is 6.42 Å². The zero-order valence-electron chi connectivity index (χ0n) is 9.20. The topological polar surface area (TPSA) is 47.6 Å². The summed E-state index contributed by atoms with van der Waals surface area (Å²) in [6.45, 7) is 0.931. The van der Waals surface area contributed by atoms with Gasteiger partial charge in [-0.3, -0.25) is 9.63 Å². The Bertz CT molecular complexity index is 232. The van der Waals surface area contributed by atoms with Gasteiger partial charge in [0.15, 0.2) is 0 Å². The molecule has 2 bridgehead atoms. The molecular formula is C11H19NO3. The van der Waals surface area contributed by atoms with Gasteiger partial charge in [0.05, 0.1) is 13.2 Å². The van der Waals surface area contributed by atoms with Crippen molar-refractivity contribution in [2.24, 2.45) is 17.8 Å². The molecule has 1 N–H and O–H groups in total. The Balaban J connectivity index is 1.68. The number of fused-ring (bicyclic) bond motifs is 2. The highest BCUT2D eigenvalue weighted by Crippen LogP contribution is 2.48. The molecule has 2 aliphatic carbocycles. The predicted molar refractivity (Wildman–Crippen MR) is 54.9 cm³/mol. The van der Waals surface area contributed by atoms with Crippen molar-refractivity contribution in [3.05, 3.63) is 0 Å². The van der Waals surface area contributed by atoms with E-state index < -0.39 is 0 Å². The standard InChI is InChI=1S/C11H19NO3/c1-14-4-5-15-12-11(13)10-7-8-2-3-9(10)6-8/h8-10H,2-7H2,1H3,(H,12,13). The average molecular weight is 213 g/mol. The molecule has 2 rings (SSSR count). The van der Waals surface area contributed by atoms with E-state index in [1.165, 1.54) is 19.3 Å². The van der Waals surface area contributed by atoms with Gasteiger partial charge >= 0.3 is 0 Å². The van der Waals surface area contributed by atoms with Crippen molar-refractivity contribution in [1.29, 1.82) is 0 Å². The zero-order chi connectivity index (χ0) is 10.7. The molecule has 4 nitrogen and oxygen atoms in total. The first kappa shape index (κ1) is 10.9. The van der Waals surface area contributed by atoms with Crippen LogP contribution in [-0.2, 0) is 14.4 Å². The smallest absolute Gasteiger partial charge is 0.246 e. The molecule has 15 heavy (non-hydrogen) atoms. The number of carbonyl (C=O) groups is 1. The maximum atomic E-state index is 11.7. The quantitative estimate of drug-likeness (QED) is 0.550. The number of hydroxylamine groups is 1. The van der Waals surface area contributed by atoms with Crippen molar-refractivity contribution in [3.63, 3.8) is 0 Å². The number of hydrogen-bond donors (Lipinski definition) is 1. The Morgan fingerprint density at radius 2 is 2.20 bits per heavy atom. The second-order valence-corrected chi connectivity index (χ2v) is 4.59. The highest BCUT2D eigenvalue weighted by Gasteiger charge is 2.43. The van der Waals surface area contributed by atoms with E-state index in [-0.39, 0.29) is 11.8 Å². The summed E-state index contributed by atoms with van der Waals surface area (Å²) in [5.41, 5.74) is 2.53. The highest BCUT2D eigenvalue weighted by atomic mass is 16.7. The molecule has 3 unspecified atom stereocenters. The van der Waals surface area contributed by atoms with Crippen LogP contribution < -0.4 is 5.48 Å². The summed E-state index contributed by atoms with van der Waals surface area (Å²) in [5.74, 6) is 1.68. The van der Waals surface area contributed by atoms with E-state index in [4.69, 9.17) is 9.57 Å². The lowest BCUT2D eigenvalue weighted by Crippen LogP contribution is -2.34. The Morgan fingerprint density at radius 1 is 1.33 bits per heavy atom. The molecule has 0 aromatic rings. The van der Waals surface area contributed by atoms with Crippen molar-refractivity contribution in [2.45, 2.75) is 25.7 Å². The van der Waals surface area contributed by atoms with Crippen LogP contribution in [0.15, 0.2) is 0 Å². The van der Waals surface area contributed by atoms with Gasteiger partial charge < -0.3 is 4.74 Å². The van der Waals surface area contributed by atoms with Crippen LogP contribution in [0.3, 0.4) is 0 Å². The van der Waals surface area contributed by atoms with E-state index in [0.29, 0.717) is 19.1 Å². The van der Waals surface area contributed by atoms with Crippen LogP contribution in [0.2, 0.25) is 0 Å². The molecule has 0 saturated heterocycles. The third-order valence-corrected chi connectivity index (χ3v) is 3.64. The Hall–Kier alpha value is -0.610. The van der Waals surface area contributed by atoms with Gasteiger partial charge in [0, 0.05) is 13.0 Å². The first-order valence-electron chi connectivity index (χ1n) is 5.72. The van der Waals surface area contributed by atoms with E-state index in [9.17, 15) is 4.79 Å². The summed E-state index contributed by atoms with van der Waals surface area (Å²) in [5, 5.41) is 0. The first-order chi connectivity index (χ1) is 7.31. The van der Waals surface area contributed by atoms with Crippen molar-refractivity contribution in [2.75, 3.05) is 20.3 Å². The van der Waals surface area contributed by atoms with Crippen LogP contribution in [0.5, 0.6) is 0 Å². The number of rotatable bonds is 5. The molecule has 0 aromatic heterocycles. The summed E-state index contributed by atoms with van der Waals surface area (Å²) in [7, 11) is 1.61. The minimum absolute atomic E-state index is 0.0679. The van der Waals surface area contributed by atoms with E-state index >= 15 is 0 Å². The second kappa shape index (κ2) is 4.94. The molecular weight excluding hydrogens is 194 g/mol. The van der Waals surface area contributed by atoms with Gasteiger partial charge in [-0.2, -0.15) is 0 Å². The fourth-order valence-corrected chi connectivity index (χ4v) is 2.89. The summed E-state index contributed by atoms with van der Waals surface area (Å²) < 4.78 is 4.82. The summed E-state index contributed by atoms with van der Waals surface area (Å²) in [6, 6.07) is 0. The van der Waals surface area contributed by atoms with Gasteiger partial charge in [0.1, 0.15) is 0 Å². The van der Waals surface area contributed by atoms with Gasteiger partial charge in [-0.05, 0) is 31.1 Å². The van der Waals surface area contributed by atoms with Gasteiger partial charge in [0.2, 0.25) is 5.91 Å². The Kier molecular flexibility index (Phi) is 3.59. The minimum Gasteiger partial charge on any atom is -0.382 e. The fourth-order valence-electron chi connectivity index (χ4n) is 2.89. The van der Waals surface area contributed by atoms with Gasteiger partial charge in [0.25, 0.3) is 0 Å². The number of amides is 1. The van der Waals surface area contributed by atoms with Crippen molar-refractivity contribution < 1.29 is 14.4 Å². The zero-order valence-corrected chi connectivity index (χ0v) is 9.20. The summed E-state index contributed by atoms with van der Waals surface area (Å²) >= 11 is 0. The number of nitrogens with one attached hydrogen (secondary N) is 1.